The van der Waals surface area contributed by atoms with Gasteiger partial charge in [0.05, 0.1) is 17.5 Å². The second-order valence-corrected chi connectivity index (χ2v) is 9.30. The molecule has 2 aromatic rings. The van der Waals surface area contributed by atoms with Crippen LogP contribution in [-0.4, -0.2) is 31.9 Å². The quantitative estimate of drug-likeness (QED) is 0.744. The Morgan fingerprint density at radius 1 is 1.17 bits per heavy atom. The van der Waals surface area contributed by atoms with E-state index in [2.05, 4.69) is 15.9 Å². The van der Waals surface area contributed by atoms with Gasteiger partial charge >= 0.3 is 0 Å². The Morgan fingerprint density at radius 2 is 1.88 bits per heavy atom. The third-order valence-corrected chi connectivity index (χ3v) is 6.47. The van der Waals surface area contributed by atoms with Gasteiger partial charge in [0.1, 0.15) is 0 Å². The number of anilines is 1. The van der Waals surface area contributed by atoms with E-state index in [9.17, 15) is 13.2 Å². The SMILES string of the molecule is O=C(c1ccc(Cl)cc1)N(c1cccc(Br)c1)C1CCS(=O)(=O)C1. The fourth-order valence-electron chi connectivity index (χ4n) is 2.83. The second kappa shape index (κ2) is 6.86. The Morgan fingerprint density at radius 3 is 2.46 bits per heavy atom. The molecule has 1 atom stereocenters. The van der Waals surface area contributed by atoms with Crippen molar-refractivity contribution in [2.75, 3.05) is 16.4 Å². The molecule has 0 saturated carbocycles. The fourth-order valence-corrected chi connectivity index (χ4v) is 5.04. The standard InChI is InChI=1S/C17H15BrClNO3S/c18-13-2-1-3-15(10-13)20(16-8-9-24(22,23)11-16)17(21)12-4-6-14(19)7-5-12/h1-7,10,16H,8-9,11H2. The molecule has 126 valence electrons. The Labute approximate surface area is 154 Å². The summed E-state index contributed by atoms with van der Waals surface area (Å²) in [7, 11) is -3.11. The lowest BCUT2D eigenvalue weighted by molar-refractivity contribution is 0.0979. The average Bonchev–Trinajstić information content (AvgIpc) is 2.88. The summed E-state index contributed by atoms with van der Waals surface area (Å²) in [5.41, 5.74) is 1.15. The summed E-state index contributed by atoms with van der Waals surface area (Å²) >= 11 is 9.29. The number of halogens is 2. The molecule has 4 nitrogen and oxygen atoms in total. The van der Waals surface area contributed by atoms with Crippen LogP contribution in [0.1, 0.15) is 16.8 Å². The monoisotopic (exact) mass is 427 g/mol. The lowest BCUT2D eigenvalue weighted by Gasteiger charge is -2.28. The van der Waals surface area contributed by atoms with E-state index in [1.165, 1.54) is 0 Å². The molecule has 0 aliphatic carbocycles. The lowest BCUT2D eigenvalue weighted by atomic mass is 10.1. The number of carbonyl (C=O) groups is 1. The molecule has 0 spiro atoms. The summed E-state index contributed by atoms with van der Waals surface area (Å²) in [6.45, 7) is 0. The van der Waals surface area contributed by atoms with Crippen molar-refractivity contribution in [1.29, 1.82) is 0 Å². The van der Waals surface area contributed by atoms with Gasteiger partial charge in [0, 0.05) is 20.7 Å². The minimum absolute atomic E-state index is 0.0150. The van der Waals surface area contributed by atoms with Gasteiger partial charge in [-0.25, -0.2) is 8.42 Å². The summed E-state index contributed by atoms with van der Waals surface area (Å²) < 4.78 is 24.6. The number of nitrogens with zero attached hydrogens (tertiary/aromatic N) is 1. The maximum Gasteiger partial charge on any atom is 0.258 e. The molecule has 24 heavy (non-hydrogen) atoms. The van der Waals surface area contributed by atoms with E-state index in [4.69, 9.17) is 11.6 Å². The van der Waals surface area contributed by atoms with Crippen molar-refractivity contribution >= 4 is 49.0 Å². The predicted molar refractivity (Wildman–Crippen MR) is 99.5 cm³/mol. The van der Waals surface area contributed by atoms with Gasteiger partial charge in [-0.1, -0.05) is 33.6 Å². The smallest absolute Gasteiger partial charge is 0.258 e. The van der Waals surface area contributed by atoms with Gasteiger partial charge in [-0.3, -0.25) is 4.79 Å². The summed E-state index contributed by atoms with van der Waals surface area (Å²) in [6, 6.07) is 13.6. The van der Waals surface area contributed by atoms with E-state index < -0.39 is 9.84 Å². The van der Waals surface area contributed by atoms with Gasteiger partial charge in [-0.2, -0.15) is 0 Å². The van der Waals surface area contributed by atoms with E-state index in [-0.39, 0.29) is 23.5 Å². The van der Waals surface area contributed by atoms with Crippen molar-refractivity contribution < 1.29 is 13.2 Å². The van der Waals surface area contributed by atoms with Crippen LogP contribution in [0.4, 0.5) is 5.69 Å². The van der Waals surface area contributed by atoms with Crippen LogP contribution in [-0.2, 0) is 9.84 Å². The first-order valence-electron chi connectivity index (χ1n) is 7.41. The molecule has 0 radical (unpaired) electrons. The van der Waals surface area contributed by atoms with E-state index in [1.54, 1.807) is 29.2 Å². The highest BCUT2D eigenvalue weighted by Gasteiger charge is 2.36. The van der Waals surface area contributed by atoms with Crippen LogP contribution in [0.3, 0.4) is 0 Å². The number of amides is 1. The van der Waals surface area contributed by atoms with Crippen molar-refractivity contribution in [2.24, 2.45) is 0 Å². The number of rotatable bonds is 3. The van der Waals surface area contributed by atoms with Gasteiger partial charge < -0.3 is 4.90 Å². The molecule has 1 aliphatic heterocycles. The first-order chi connectivity index (χ1) is 11.4. The number of hydrogen-bond acceptors (Lipinski definition) is 3. The third kappa shape index (κ3) is 3.82. The van der Waals surface area contributed by atoms with Crippen LogP contribution < -0.4 is 4.90 Å². The number of carbonyl (C=O) groups excluding carboxylic acids is 1. The normalized spacial score (nSPS) is 19.2. The minimum Gasteiger partial charge on any atom is -0.304 e. The zero-order valence-electron chi connectivity index (χ0n) is 12.7. The maximum atomic E-state index is 13.0. The zero-order chi connectivity index (χ0) is 17.3. The third-order valence-electron chi connectivity index (χ3n) is 3.97. The van der Waals surface area contributed by atoms with Crippen LogP contribution in [0.25, 0.3) is 0 Å². The highest BCUT2D eigenvalue weighted by molar-refractivity contribution is 9.10. The van der Waals surface area contributed by atoms with E-state index >= 15 is 0 Å². The summed E-state index contributed by atoms with van der Waals surface area (Å²) in [6.07, 6.45) is 0.439. The fraction of sp³-hybridized carbons (Fsp3) is 0.235. The van der Waals surface area contributed by atoms with Crippen molar-refractivity contribution in [3.63, 3.8) is 0 Å². The highest BCUT2D eigenvalue weighted by atomic mass is 79.9. The van der Waals surface area contributed by atoms with Crippen molar-refractivity contribution in [3.05, 3.63) is 63.6 Å². The second-order valence-electron chi connectivity index (χ2n) is 5.72. The van der Waals surface area contributed by atoms with Crippen LogP contribution in [0.2, 0.25) is 5.02 Å². The molecule has 0 bridgehead atoms. The highest BCUT2D eigenvalue weighted by Crippen LogP contribution is 2.28. The lowest BCUT2D eigenvalue weighted by Crippen LogP contribution is -2.41. The van der Waals surface area contributed by atoms with E-state index in [0.29, 0.717) is 22.7 Å². The molecule has 1 unspecified atom stereocenters. The Balaban J connectivity index is 2.01. The summed E-state index contributed by atoms with van der Waals surface area (Å²) in [5.74, 6) is -0.138. The first kappa shape index (κ1) is 17.5. The van der Waals surface area contributed by atoms with E-state index in [1.807, 2.05) is 24.3 Å². The first-order valence-corrected chi connectivity index (χ1v) is 10.4. The molecule has 0 aromatic heterocycles. The van der Waals surface area contributed by atoms with Gasteiger partial charge in [0.25, 0.3) is 5.91 Å². The maximum absolute atomic E-state index is 13.0. The minimum atomic E-state index is -3.11. The molecule has 1 aliphatic rings. The Bertz CT molecular complexity index is 868. The molecule has 2 aromatic carbocycles. The molecule has 3 rings (SSSR count). The van der Waals surface area contributed by atoms with Crippen molar-refractivity contribution in [1.82, 2.24) is 0 Å². The number of hydrogen-bond donors (Lipinski definition) is 0. The molecule has 1 fully saturated rings. The number of benzene rings is 2. The average molecular weight is 429 g/mol. The van der Waals surface area contributed by atoms with Crippen LogP contribution in [0.15, 0.2) is 53.0 Å². The summed E-state index contributed by atoms with van der Waals surface area (Å²) in [4.78, 5) is 14.6. The molecule has 1 amide bonds. The molecule has 0 N–H and O–H groups in total. The van der Waals surface area contributed by atoms with Crippen LogP contribution >= 0.6 is 27.5 Å². The van der Waals surface area contributed by atoms with Crippen molar-refractivity contribution in [2.45, 2.75) is 12.5 Å². The molecular formula is C17H15BrClNO3S. The molecule has 1 heterocycles. The van der Waals surface area contributed by atoms with Crippen LogP contribution in [0.5, 0.6) is 0 Å². The van der Waals surface area contributed by atoms with E-state index in [0.717, 1.165) is 4.47 Å². The molecule has 7 heteroatoms. The topological polar surface area (TPSA) is 54.5 Å². The van der Waals surface area contributed by atoms with Gasteiger partial charge in [-0.15, -0.1) is 0 Å². The van der Waals surface area contributed by atoms with Gasteiger partial charge in [0.15, 0.2) is 9.84 Å². The Hall–Kier alpha value is -1.37. The van der Waals surface area contributed by atoms with Gasteiger partial charge in [0.2, 0.25) is 0 Å². The number of sulfone groups is 1. The largest absolute Gasteiger partial charge is 0.304 e. The summed E-state index contributed by atoms with van der Waals surface area (Å²) in [5, 5.41) is 0.545. The Kier molecular flexibility index (Phi) is 4.99. The van der Waals surface area contributed by atoms with Crippen molar-refractivity contribution in [3.8, 4) is 0 Å². The predicted octanol–water partition coefficient (Wildman–Crippen LogP) is 3.94. The zero-order valence-corrected chi connectivity index (χ0v) is 15.8. The molecule has 1 saturated heterocycles. The van der Waals surface area contributed by atoms with Gasteiger partial charge in [-0.05, 0) is 48.9 Å². The molecular weight excluding hydrogens is 414 g/mol. The van der Waals surface area contributed by atoms with Crippen LogP contribution in [0, 0.1) is 0 Å².